The first kappa shape index (κ1) is 13.9. The topological polar surface area (TPSA) is 52.0 Å². The second-order valence-corrected chi connectivity index (χ2v) is 6.59. The van der Waals surface area contributed by atoms with Gasteiger partial charge in [0.05, 0.1) is 5.66 Å². The standard InChI is InChI=1S/C14H18Cl2N2/c1-13(2)8-14(17,18)7-11(16)12(13)9-5-3-4-6-10(9)15/h3-6H,7-8,17-18H2,1-2H3. The van der Waals surface area contributed by atoms with Crippen molar-refractivity contribution < 1.29 is 0 Å². The number of hydrogen-bond acceptors (Lipinski definition) is 2. The summed E-state index contributed by atoms with van der Waals surface area (Å²) >= 11 is 12.7. The van der Waals surface area contributed by atoms with Gasteiger partial charge in [0.25, 0.3) is 0 Å². The predicted octanol–water partition coefficient (Wildman–Crippen LogP) is 3.72. The largest absolute Gasteiger partial charge is 0.313 e. The molecule has 0 unspecified atom stereocenters. The van der Waals surface area contributed by atoms with Crippen LogP contribution in [0.25, 0.3) is 5.57 Å². The molecule has 0 amide bonds. The second-order valence-electron chi connectivity index (χ2n) is 5.73. The van der Waals surface area contributed by atoms with E-state index in [9.17, 15) is 0 Å². The van der Waals surface area contributed by atoms with Crippen LogP contribution in [0.5, 0.6) is 0 Å². The van der Waals surface area contributed by atoms with Crippen molar-refractivity contribution >= 4 is 28.8 Å². The van der Waals surface area contributed by atoms with Crippen LogP contribution in [-0.2, 0) is 0 Å². The molecular weight excluding hydrogens is 267 g/mol. The highest BCUT2D eigenvalue weighted by atomic mass is 35.5. The molecule has 0 radical (unpaired) electrons. The Morgan fingerprint density at radius 1 is 1.11 bits per heavy atom. The summed E-state index contributed by atoms with van der Waals surface area (Å²) in [5, 5.41) is 1.42. The van der Waals surface area contributed by atoms with Crippen molar-refractivity contribution in [3.05, 3.63) is 39.9 Å². The van der Waals surface area contributed by atoms with Crippen LogP contribution in [0, 0.1) is 5.41 Å². The number of benzene rings is 1. The maximum absolute atomic E-state index is 6.42. The van der Waals surface area contributed by atoms with E-state index < -0.39 is 5.66 Å². The fourth-order valence-corrected chi connectivity index (χ4v) is 3.73. The Kier molecular flexibility index (Phi) is 3.50. The molecule has 2 rings (SSSR count). The van der Waals surface area contributed by atoms with Gasteiger partial charge in [0, 0.05) is 16.5 Å². The maximum Gasteiger partial charge on any atom is 0.0695 e. The SMILES string of the molecule is CC1(C)CC(N)(N)CC(Cl)=C1c1ccccc1Cl. The molecule has 0 fully saturated rings. The molecule has 4 N–H and O–H groups in total. The monoisotopic (exact) mass is 284 g/mol. The second kappa shape index (κ2) is 4.53. The van der Waals surface area contributed by atoms with Crippen LogP contribution < -0.4 is 11.5 Å². The summed E-state index contributed by atoms with van der Waals surface area (Å²) in [6.07, 6.45) is 1.16. The third-order valence-corrected chi connectivity index (χ3v) is 4.00. The van der Waals surface area contributed by atoms with Crippen LogP contribution in [0.15, 0.2) is 29.3 Å². The minimum absolute atomic E-state index is 0.191. The Hall–Kier alpha value is -0.540. The molecule has 0 aliphatic heterocycles. The van der Waals surface area contributed by atoms with Gasteiger partial charge in [-0.25, -0.2) is 0 Å². The lowest BCUT2D eigenvalue weighted by atomic mass is 9.69. The van der Waals surface area contributed by atoms with Crippen LogP contribution >= 0.6 is 23.2 Å². The van der Waals surface area contributed by atoms with Crippen molar-refractivity contribution in [3.8, 4) is 0 Å². The Morgan fingerprint density at radius 3 is 2.28 bits per heavy atom. The third kappa shape index (κ3) is 2.57. The Labute approximate surface area is 118 Å². The minimum atomic E-state index is -0.745. The first-order valence-electron chi connectivity index (χ1n) is 5.95. The van der Waals surface area contributed by atoms with E-state index in [1.54, 1.807) is 0 Å². The van der Waals surface area contributed by atoms with Gasteiger partial charge < -0.3 is 11.5 Å². The zero-order valence-corrected chi connectivity index (χ0v) is 12.1. The van der Waals surface area contributed by atoms with Gasteiger partial charge in [0.15, 0.2) is 0 Å². The summed E-state index contributed by atoms with van der Waals surface area (Å²) in [6, 6.07) is 7.73. The Bertz CT molecular complexity index is 504. The summed E-state index contributed by atoms with van der Waals surface area (Å²) in [7, 11) is 0. The van der Waals surface area contributed by atoms with Crippen LogP contribution in [0.4, 0.5) is 0 Å². The molecule has 18 heavy (non-hydrogen) atoms. The minimum Gasteiger partial charge on any atom is -0.313 e. The number of rotatable bonds is 1. The van der Waals surface area contributed by atoms with Gasteiger partial charge in [-0.15, -0.1) is 0 Å². The van der Waals surface area contributed by atoms with Crippen molar-refractivity contribution in [1.29, 1.82) is 0 Å². The fourth-order valence-electron chi connectivity index (χ4n) is 2.89. The molecule has 0 saturated heterocycles. The van der Waals surface area contributed by atoms with Crippen molar-refractivity contribution in [2.24, 2.45) is 16.9 Å². The van der Waals surface area contributed by atoms with Crippen molar-refractivity contribution in [1.82, 2.24) is 0 Å². The lowest BCUT2D eigenvalue weighted by molar-refractivity contribution is 0.283. The van der Waals surface area contributed by atoms with Gasteiger partial charge in [-0.2, -0.15) is 0 Å². The molecule has 0 aromatic heterocycles. The first-order valence-corrected chi connectivity index (χ1v) is 6.70. The molecule has 0 bridgehead atoms. The third-order valence-electron chi connectivity index (χ3n) is 3.35. The van der Waals surface area contributed by atoms with Crippen LogP contribution in [0.1, 0.15) is 32.3 Å². The van der Waals surface area contributed by atoms with Gasteiger partial charge in [0.2, 0.25) is 0 Å². The van der Waals surface area contributed by atoms with Crippen molar-refractivity contribution in [2.45, 2.75) is 32.4 Å². The number of allylic oxidation sites excluding steroid dienone is 1. The number of halogens is 2. The quantitative estimate of drug-likeness (QED) is 0.772. The maximum atomic E-state index is 6.42. The molecule has 4 heteroatoms. The first-order chi connectivity index (χ1) is 8.23. The summed E-state index contributed by atoms with van der Waals surface area (Å²) in [5.74, 6) is 0. The number of nitrogens with two attached hydrogens (primary N) is 2. The molecule has 1 aliphatic rings. The average molecular weight is 285 g/mol. The van der Waals surface area contributed by atoms with E-state index in [0.29, 0.717) is 22.9 Å². The molecular formula is C14H18Cl2N2. The van der Waals surface area contributed by atoms with Gasteiger partial charge in [-0.05, 0) is 29.0 Å². The van der Waals surface area contributed by atoms with Crippen molar-refractivity contribution in [2.75, 3.05) is 0 Å². The zero-order chi connectivity index (χ0) is 13.6. The van der Waals surface area contributed by atoms with E-state index >= 15 is 0 Å². The zero-order valence-electron chi connectivity index (χ0n) is 10.6. The van der Waals surface area contributed by atoms with Crippen LogP contribution in [0.2, 0.25) is 5.02 Å². The summed E-state index contributed by atoms with van der Waals surface area (Å²) in [5.41, 5.74) is 13.2. The summed E-state index contributed by atoms with van der Waals surface area (Å²) in [6.45, 7) is 4.20. The highest BCUT2D eigenvalue weighted by Gasteiger charge is 2.40. The average Bonchev–Trinajstić information content (AvgIpc) is 2.16. The smallest absolute Gasteiger partial charge is 0.0695 e. The summed E-state index contributed by atoms with van der Waals surface area (Å²) < 4.78 is 0. The van der Waals surface area contributed by atoms with Crippen LogP contribution in [0.3, 0.4) is 0 Å². The fraction of sp³-hybridized carbons (Fsp3) is 0.429. The molecule has 98 valence electrons. The van der Waals surface area contributed by atoms with Gasteiger partial charge in [-0.3, -0.25) is 0 Å². The Balaban J connectivity index is 2.59. The molecule has 0 spiro atoms. The molecule has 1 aromatic carbocycles. The van der Waals surface area contributed by atoms with E-state index in [2.05, 4.69) is 13.8 Å². The van der Waals surface area contributed by atoms with E-state index in [0.717, 1.165) is 11.1 Å². The highest BCUT2D eigenvalue weighted by Crippen LogP contribution is 2.49. The number of hydrogen-bond donors (Lipinski definition) is 2. The lowest BCUT2D eigenvalue weighted by Gasteiger charge is -2.42. The highest BCUT2D eigenvalue weighted by molar-refractivity contribution is 6.35. The molecule has 1 aliphatic carbocycles. The molecule has 0 atom stereocenters. The molecule has 2 nitrogen and oxygen atoms in total. The van der Waals surface area contributed by atoms with Crippen LogP contribution in [-0.4, -0.2) is 5.66 Å². The van der Waals surface area contributed by atoms with E-state index in [-0.39, 0.29) is 5.41 Å². The predicted molar refractivity (Wildman–Crippen MR) is 78.3 cm³/mol. The Morgan fingerprint density at radius 2 is 1.72 bits per heavy atom. The van der Waals surface area contributed by atoms with Gasteiger partial charge in [-0.1, -0.05) is 55.2 Å². The molecule has 1 aromatic rings. The van der Waals surface area contributed by atoms with Crippen molar-refractivity contribution in [3.63, 3.8) is 0 Å². The lowest BCUT2D eigenvalue weighted by Crippen LogP contribution is -2.54. The molecule has 0 heterocycles. The van der Waals surface area contributed by atoms with Gasteiger partial charge >= 0.3 is 0 Å². The summed E-state index contributed by atoms with van der Waals surface area (Å²) in [4.78, 5) is 0. The van der Waals surface area contributed by atoms with Gasteiger partial charge in [0.1, 0.15) is 0 Å². The molecule has 0 saturated carbocycles. The van der Waals surface area contributed by atoms with E-state index in [1.807, 2.05) is 24.3 Å². The normalized spacial score (nSPS) is 22.1. The van der Waals surface area contributed by atoms with E-state index in [4.69, 9.17) is 34.7 Å². The van der Waals surface area contributed by atoms with E-state index in [1.165, 1.54) is 0 Å².